The molecule has 0 bridgehead atoms. The van der Waals surface area contributed by atoms with E-state index in [-0.39, 0.29) is 0 Å². The molecule has 1 aliphatic heterocycles. The maximum Gasteiger partial charge on any atom is 0.0589 e. The number of ether oxygens (including phenoxy) is 1. The van der Waals surface area contributed by atoms with Crippen molar-refractivity contribution in [1.29, 1.82) is 0 Å². The summed E-state index contributed by atoms with van der Waals surface area (Å²) in [6.45, 7) is 5.71. The van der Waals surface area contributed by atoms with Gasteiger partial charge in [0.25, 0.3) is 0 Å². The molecule has 0 aromatic heterocycles. The fraction of sp³-hybridized carbons (Fsp3) is 1.00. The molecule has 1 fully saturated rings. The number of rotatable bonds is 4. The molecule has 1 unspecified atom stereocenters. The van der Waals surface area contributed by atoms with Gasteiger partial charge in [-0.1, -0.05) is 0 Å². The van der Waals surface area contributed by atoms with E-state index in [4.69, 9.17) is 10.5 Å². The lowest BCUT2D eigenvalue weighted by Crippen LogP contribution is -2.55. The average molecular weight is 173 g/mol. The van der Waals surface area contributed by atoms with Gasteiger partial charge in [-0.15, -0.1) is 0 Å². The summed E-state index contributed by atoms with van der Waals surface area (Å²) in [5.41, 5.74) is 5.64. The second-order valence-electron chi connectivity index (χ2n) is 3.12. The number of nitrogens with two attached hydrogens (primary N) is 1. The predicted molar refractivity (Wildman–Crippen MR) is 49.2 cm³/mol. The highest BCUT2D eigenvalue weighted by atomic mass is 16.5. The smallest absolute Gasteiger partial charge is 0.0589 e. The minimum Gasteiger partial charge on any atom is -0.383 e. The summed E-state index contributed by atoms with van der Waals surface area (Å²) in [7, 11) is 1.74. The van der Waals surface area contributed by atoms with Crippen LogP contribution >= 0.6 is 0 Å². The van der Waals surface area contributed by atoms with E-state index in [1.807, 2.05) is 0 Å². The Hall–Kier alpha value is -0.160. The van der Waals surface area contributed by atoms with Gasteiger partial charge < -0.3 is 15.8 Å². The van der Waals surface area contributed by atoms with Crippen LogP contribution in [0, 0.1) is 0 Å². The van der Waals surface area contributed by atoms with E-state index in [0.29, 0.717) is 6.04 Å². The molecule has 1 heterocycles. The Kier molecular flexibility index (Phi) is 4.53. The zero-order valence-electron chi connectivity index (χ0n) is 7.75. The third-order valence-corrected chi connectivity index (χ3v) is 2.33. The highest BCUT2D eigenvalue weighted by Crippen LogP contribution is 2.00. The lowest BCUT2D eigenvalue weighted by Gasteiger charge is -2.35. The normalized spacial score (nSPS) is 26.0. The van der Waals surface area contributed by atoms with E-state index < -0.39 is 0 Å². The maximum atomic E-state index is 5.64. The first-order valence-electron chi connectivity index (χ1n) is 4.52. The second kappa shape index (κ2) is 5.48. The molecule has 0 spiro atoms. The molecule has 1 aliphatic rings. The molecule has 1 rings (SSSR count). The number of nitrogens with zero attached hydrogens (tertiary/aromatic N) is 1. The minimum atomic E-state index is 0.494. The van der Waals surface area contributed by atoms with E-state index in [9.17, 15) is 0 Å². The molecular weight excluding hydrogens is 154 g/mol. The number of methoxy groups -OCH3 is 1. The number of hydrogen-bond donors (Lipinski definition) is 2. The highest BCUT2D eigenvalue weighted by molar-refractivity contribution is 4.79. The van der Waals surface area contributed by atoms with E-state index >= 15 is 0 Å². The molecule has 0 aromatic carbocycles. The van der Waals surface area contributed by atoms with Crippen molar-refractivity contribution in [2.75, 3.05) is 46.4 Å². The topological polar surface area (TPSA) is 50.5 Å². The lowest BCUT2D eigenvalue weighted by atomic mass is 10.2. The molecule has 1 saturated heterocycles. The third-order valence-electron chi connectivity index (χ3n) is 2.33. The largest absolute Gasteiger partial charge is 0.383 e. The molecule has 0 aliphatic carbocycles. The summed E-state index contributed by atoms with van der Waals surface area (Å²) in [4.78, 5) is 2.39. The van der Waals surface area contributed by atoms with Crippen LogP contribution in [0.15, 0.2) is 0 Å². The van der Waals surface area contributed by atoms with Crippen molar-refractivity contribution in [3.63, 3.8) is 0 Å². The fourth-order valence-corrected chi connectivity index (χ4v) is 1.54. The lowest BCUT2D eigenvalue weighted by molar-refractivity contribution is 0.106. The van der Waals surface area contributed by atoms with Crippen LogP contribution < -0.4 is 11.1 Å². The van der Waals surface area contributed by atoms with Gasteiger partial charge in [-0.3, -0.25) is 4.90 Å². The molecule has 0 aromatic rings. The average Bonchev–Trinajstić information content (AvgIpc) is 2.15. The third kappa shape index (κ3) is 2.71. The van der Waals surface area contributed by atoms with Crippen LogP contribution in [0.2, 0.25) is 0 Å². The minimum absolute atomic E-state index is 0.494. The quantitative estimate of drug-likeness (QED) is 0.564. The van der Waals surface area contributed by atoms with Crippen molar-refractivity contribution < 1.29 is 4.74 Å². The maximum absolute atomic E-state index is 5.64. The van der Waals surface area contributed by atoms with E-state index in [2.05, 4.69) is 10.2 Å². The van der Waals surface area contributed by atoms with Gasteiger partial charge in [0.1, 0.15) is 0 Å². The van der Waals surface area contributed by atoms with E-state index in [1.165, 1.54) is 0 Å². The van der Waals surface area contributed by atoms with E-state index in [1.54, 1.807) is 7.11 Å². The Morgan fingerprint density at radius 1 is 1.67 bits per heavy atom. The number of nitrogens with one attached hydrogen (secondary N) is 1. The van der Waals surface area contributed by atoms with Crippen LogP contribution in [0.1, 0.15) is 0 Å². The van der Waals surface area contributed by atoms with Crippen LogP contribution in [0.25, 0.3) is 0 Å². The van der Waals surface area contributed by atoms with Crippen molar-refractivity contribution in [3.05, 3.63) is 0 Å². The summed E-state index contributed by atoms with van der Waals surface area (Å²) < 4.78 is 5.03. The Morgan fingerprint density at radius 2 is 2.50 bits per heavy atom. The van der Waals surface area contributed by atoms with Crippen molar-refractivity contribution >= 4 is 0 Å². The van der Waals surface area contributed by atoms with Gasteiger partial charge in [0, 0.05) is 45.9 Å². The molecule has 0 saturated carbocycles. The summed E-state index contributed by atoms with van der Waals surface area (Å²) in [5, 5.41) is 3.33. The molecule has 72 valence electrons. The first-order valence-corrected chi connectivity index (χ1v) is 4.52. The molecule has 3 N–H and O–H groups in total. The van der Waals surface area contributed by atoms with Crippen LogP contribution in [0.4, 0.5) is 0 Å². The van der Waals surface area contributed by atoms with Crippen molar-refractivity contribution in [2.45, 2.75) is 6.04 Å². The van der Waals surface area contributed by atoms with Crippen LogP contribution in [-0.4, -0.2) is 57.4 Å². The van der Waals surface area contributed by atoms with Gasteiger partial charge in [-0.2, -0.15) is 0 Å². The van der Waals surface area contributed by atoms with Crippen molar-refractivity contribution in [3.8, 4) is 0 Å². The second-order valence-corrected chi connectivity index (χ2v) is 3.12. The van der Waals surface area contributed by atoms with Gasteiger partial charge in [0.15, 0.2) is 0 Å². The van der Waals surface area contributed by atoms with Crippen LogP contribution in [0.3, 0.4) is 0 Å². The standard InChI is InChI=1S/C8H19N3O/c1-12-5-4-11-3-2-10-7-8(11)6-9/h8,10H,2-7,9H2,1H3. The number of piperazine rings is 1. The summed E-state index contributed by atoms with van der Waals surface area (Å²) >= 11 is 0. The Balaban J connectivity index is 2.26. The molecule has 0 radical (unpaired) electrons. The zero-order chi connectivity index (χ0) is 8.81. The van der Waals surface area contributed by atoms with Crippen LogP contribution in [-0.2, 0) is 4.74 Å². The molecule has 0 amide bonds. The monoisotopic (exact) mass is 173 g/mol. The molecule has 4 nitrogen and oxygen atoms in total. The first-order chi connectivity index (χ1) is 5.88. The van der Waals surface area contributed by atoms with Gasteiger partial charge in [-0.25, -0.2) is 0 Å². The SMILES string of the molecule is COCCN1CCNCC1CN. The van der Waals surface area contributed by atoms with E-state index in [0.717, 1.165) is 39.3 Å². The predicted octanol–water partition coefficient (Wildman–Crippen LogP) is -1.13. The Bertz CT molecular complexity index is 121. The highest BCUT2D eigenvalue weighted by Gasteiger charge is 2.19. The first kappa shape index (κ1) is 9.92. The molecule has 4 heteroatoms. The van der Waals surface area contributed by atoms with Crippen molar-refractivity contribution in [1.82, 2.24) is 10.2 Å². The molecule has 12 heavy (non-hydrogen) atoms. The van der Waals surface area contributed by atoms with Crippen LogP contribution in [0.5, 0.6) is 0 Å². The molecular formula is C8H19N3O. The van der Waals surface area contributed by atoms with Gasteiger partial charge >= 0.3 is 0 Å². The number of hydrogen-bond acceptors (Lipinski definition) is 4. The Labute approximate surface area is 74.1 Å². The molecule has 1 atom stereocenters. The van der Waals surface area contributed by atoms with Gasteiger partial charge in [0.2, 0.25) is 0 Å². The summed E-state index contributed by atoms with van der Waals surface area (Å²) in [5.74, 6) is 0. The van der Waals surface area contributed by atoms with Gasteiger partial charge in [0.05, 0.1) is 6.61 Å². The summed E-state index contributed by atoms with van der Waals surface area (Å²) in [6, 6.07) is 0.494. The zero-order valence-corrected chi connectivity index (χ0v) is 7.75. The van der Waals surface area contributed by atoms with Crippen molar-refractivity contribution in [2.24, 2.45) is 5.73 Å². The Morgan fingerprint density at radius 3 is 3.17 bits per heavy atom. The van der Waals surface area contributed by atoms with Gasteiger partial charge in [-0.05, 0) is 0 Å². The fourth-order valence-electron chi connectivity index (χ4n) is 1.54. The summed E-state index contributed by atoms with van der Waals surface area (Å²) in [6.07, 6.45) is 0.